The van der Waals surface area contributed by atoms with Crippen LogP contribution in [0.1, 0.15) is 33.1 Å². The van der Waals surface area contributed by atoms with Gasteiger partial charge in [0.15, 0.2) is 5.78 Å². The topological polar surface area (TPSA) is 29.1 Å². The molecule has 0 atom stereocenters. The van der Waals surface area contributed by atoms with Crippen molar-refractivity contribution in [2.45, 2.75) is 33.1 Å². The molecule has 0 aliphatic rings. The zero-order valence-electron chi connectivity index (χ0n) is 9.99. The predicted molar refractivity (Wildman–Crippen MR) is 68.4 cm³/mol. The van der Waals surface area contributed by atoms with Crippen molar-refractivity contribution in [3.63, 3.8) is 0 Å². The molecule has 0 saturated carbocycles. The van der Waals surface area contributed by atoms with Crippen molar-refractivity contribution in [2.75, 3.05) is 5.32 Å². The predicted octanol–water partition coefficient (Wildman–Crippen LogP) is 3.76. The molecule has 0 unspecified atom stereocenters. The van der Waals surface area contributed by atoms with E-state index in [1.54, 1.807) is 0 Å². The lowest BCUT2D eigenvalue weighted by Crippen LogP contribution is -2.03. The van der Waals surface area contributed by atoms with Crippen LogP contribution in [0.25, 0.3) is 0 Å². The summed E-state index contributed by atoms with van der Waals surface area (Å²) in [5.74, 6) is 0.244. The van der Waals surface area contributed by atoms with E-state index in [0.717, 1.165) is 24.1 Å². The minimum atomic E-state index is 0.244. The number of allylic oxidation sites excluding steroid dienone is 1. The Morgan fingerprint density at radius 3 is 2.50 bits per heavy atom. The van der Waals surface area contributed by atoms with Crippen molar-refractivity contribution in [1.82, 2.24) is 0 Å². The van der Waals surface area contributed by atoms with Gasteiger partial charge in [0.2, 0.25) is 0 Å². The number of para-hydroxylation sites is 1. The number of hydrogen-bond acceptors (Lipinski definition) is 2. The molecule has 0 aliphatic heterocycles. The third-order valence-corrected chi connectivity index (χ3v) is 2.40. The number of carbonyl (C=O) groups excluding carboxylic acids is 1. The molecule has 1 aromatic carbocycles. The molecule has 1 N–H and O–H groups in total. The van der Waals surface area contributed by atoms with Crippen molar-refractivity contribution in [2.24, 2.45) is 0 Å². The van der Waals surface area contributed by atoms with Gasteiger partial charge in [0.1, 0.15) is 0 Å². The molecule has 1 rings (SSSR count). The average molecular weight is 217 g/mol. The van der Waals surface area contributed by atoms with Gasteiger partial charge < -0.3 is 5.32 Å². The molecule has 0 bridgehead atoms. The lowest BCUT2D eigenvalue weighted by molar-refractivity contribution is -0.115. The maximum atomic E-state index is 11.7. The fourth-order valence-corrected chi connectivity index (χ4v) is 1.47. The highest BCUT2D eigenvalue weighted by Gasteiger charge is 2.05. The van der Waals surface area contributed by atoms with Crippen LogP contribution in [0.4, 0.5) is 5.69 Å². The normalized spacial score (nSPS) is 11.2. The van der Waals surface area contributed by atoms with Gasteiger partial charge in [0, 0.05) is 23.9 Å². The van der Waals surface area contributed by atoms with Gasteiger partial charge >= 0.3 is 0 Å². The summed E-state index contributed by atoms with van der Waals surface area (Å²) in [6.07, 6.45) is 4.14. The van der Waals surface area contributed by atoms with Gasteiger partial charge in [-0.1, -0.05) is 32.0 Å². The monoisotopic (exact) mass is 217 g/mol. The van der Waals surface area contributed by atoms with E-state index in [0.29, 0.717) is 6.42 Å². The molecule has 0 amide bonds. The lowest BCUT2D eigenvalue weighted by atomic mass is 10.1. The van der Waals surface area contributed by atoms with Crippen LogP contribution in [0.5, 0.6) is 0 Å². The van der Waals surface area contributed by atoms with E-state index in [1.165, 1.54) is 0 Å². The van der Waals surface area contributed by atoms with Crippen LogP contribution in [0.3, 0.4) is 0 Å². The maximum Gasteiger partial charge on any atom is 0.160 e. The maximum absolute atomic E-state index is 11.7. The van der Waals surface area contributed by atoms with E-state index >= 15 is 0 Å². The first kappa shape index (κ1) is 12.5. The van der Waals surface area contributed by atoms with E-state index in [9.17, 15) is 4.79 Å². The highest BCUT2D eigenvalue weighted by Crippen LogP contribution is 2.10. The van der Waals surface area contributed by atoms with Crippen molar-refractivity contribution >= 4 is 11.5 Å². The molecule has 0 fully saturated rings. The third-order valence-electron chi connectivity index (χ3n) is 2.40. The van der Waals surface area contributed by atoms with Crippen LogP contribution in [0.15, 0.2) is 42.1 Å². The second kappa shape index (κ2) is 6.83. The molecule has 16 heavy (non-hydrogen) atoms. The molecule has 1 aromatic rings. The van der Waals surface area contributed by atoms with Gasteiger partial charge in [-0.05, 0) is 25.0 Å². The van der Waals surface area contributed by atoms with E-state index in [-0.39, 0.29) is 5.78 Å². The van der Waals surface area contributed by atoms with E-state index < -0.39 is 0 Å². The quantitative estimate of drug-likeness (QED) is 0.735. The summed E-state index contributed by atoms with van der Waals surface area (Å²) in [7, 11) is 0. The Hall–Kier alpha value is -1.57. The molecule has 0 aromatic heterocycles. The minimum Gasteiger partial charge on any atom is -0.361 e. The first-order chi connectivity index (χ1) is 7.77. The molecule has 0 saturated heterocycles. The molecular weight excluding hydrogens is 198 g/mol. The Balaban J connectivity index is 2.63. The Kier molecular flexibility index (Phi) is 5.34. The largest absolute Gasteiger partial charge is 0.361 e. The standard InChI is InChI=1S/C14H19NO/c1-3-8-14(16)12(4-2)11-15-13-9-6-5-7-10-13/h5-7,9-11,15H,3-4,8H2,1-2H3. The zero-order valence-corrected chi connectivity index (χ0v) is 9.99. The molecular formula is C14H19NO. The van der Waals surface area contributed by atoms with E-state index in [2.05, 4.69) is 5.32 Å². The lowest BCUT2D eigenvalue weighted by Gasteiger charge is -2.05. The van der Waals surface area contributed by atoms with Crippen LogP contribution in [-0.2, 0) is 4.79 Å². The summed E-state index contributed by atoms with van der Waals surface area (Å²) in [6, 6.07) is 9.87. The molecule has 0 aliphatic carbocycles. The van der Waals surface area contributed by atoms with Gasteiger partial charge in [-0.2, -0.15) is 0 Å². The molecule has 0 radical (unpaired) electrons. The van der Waals surface area contributed by atoms with Crippen molar-refractivity contribution < 1.29 is 4.79 Å². The minimum absolute atomic E-state index is 0.244. The Morgan fingerprint density at radius 2 is 1.94 bits per heavy atom. The van der Waals surface area contributed by atoms with Crippen molar-refractivity contribution in [3.05, 3.63) is 42.1 Å². The number of ketones is 1. The molecule has 0 heterocycles. The van der Waals surface area contributed by atoms with E-state index in [1.807, 2.05) is 50.4 Å². The Morgan fingerprint density at radius 1 is 1.25 bits per heavy atom. The number of Topliss-reactive ketones (excluding diaryl/α,β-unsaturated/α-hetero) is 1. The second-order valence-corrected chi connectivity index (χ2v) is 3.71. The Labute approximate surface area is 97.4 Å². The summed E-state index contributed by atoms with van der Waals surface area (Å²) >= 11 is 0. The van der Waals surface area contributed by atoms with Crippen LogP contribution >= 0.6 is 0 Å². The zero-order chi connectivity index (χ0) is 11.8. The van der Waals surface area contributed by atoms with Gasteiger partial charge in [-0.15, -0.1) is 0 Å². The van der Waals surface area contributed by atoms with Crippen LogP contribution < -0.4 is 5.32 Å². The van der Waals surface area contributed by atoms with Gasteiger partial charge in [0.05, 0.1) is 0 Å². The van der Waals surface area contributed by atoms with Crippen LogP contribution in [-0.4, -0.2) is 5.78 Å². The summed E-state index contributed by atoms with van der Waals surface area (Å²) in [5, 5.41) is 3.15. The Bertz CT molecular complexity index is 354. The fourth-order valence-electron chi connectivity index (χ4n) is 1.47. The number of anilines is 1. The summed E-state index contributed by atoms with van der Waals surface area (Å²) in [5.41, 5.74) is 1.88. The number of nitrogens with one attached hydrogen (secondary N) is 1. The number of rotatable bonds is 6. The van der Waals surface area contributed by atoms with E-state index in [4.69, 9.17) is 0 Å². The first-order valence-electron chi connectivity index (χ1n) is 5.81. The molecule has 86 valence electrons. The van der Waals surface area contributed by atoms with Crippen molar-refractivity contribution in [1.29, 1.82) is 0 Å². The highest BCUT2D eigenvalue weighted by atomic mass is 16.1. The smallest absolute Gasteiger partial charge is 0.160 e. The first-order valence-corrected chi connectivity index (χ1v) is 5.81. The third kappa shape index (κ3) is 3.89. The molecule has 2 heteroatoms. The van der Waals surface area contributed by atoms with Gasteiger partial charge in [0.25, 0.3) is 0 Å². The number of carbonyl (C=O) groups is 1. The number of benzene rings is 1. The molecule has 0 spiro atoms. The second-order valence-electron chi connectivity index (χ2n) is 3.71. The fraction of sp³-hybridized carbons (Fsp3) is 0.357. The van der Waals surface area contributed by atoms with Gasteiger partial charge in [-0.3, -0.25) is 4.79 Å². The average Bonchev–Trinajstić information content (AvgIpc) is 2.31. The van der Waals surface area contributed by atoms with Crippen molar-refractivity contribution in [3.8, 4) is 0 Å². The summed E-state index contributed by atoms with van der Waals surface area (Å²) in [6.45, 7) is 4.03. The summed E-state index contributed by atoms with van der Waals surface area (Å²) in [4.78, 5) is 11.7. The van der Waals surface area contributed by atoms with Crippen LogP contribution in [0, 0.1) is 0 Å². The number of hydrogen-bond donors (Lipinski definition) is 1. The van der Waals surface area contributed by atoms with Gasteiger partial charge in [-0.25, -0.2) is 0 Å². The highest BCUT2D eigenvalue weighted by molar-refractivity contribution is 5.95. The molecule has 2 nitrogen and oxygen atoms in total. The van der Waals surface area contributed by atoms with Crippen LogP contribution in [0.2, 0.25) is 0 Å². The SMILES string of the molecule is CCCC(=O)C(=CNc1ccccc1)CC. The summed E-state index contributed by atoms with van der Waals surface area (Å²) < 4.78 is 0.